The van der Waals surface area contributed by atoms with Crippen molar-refractivity contribution in [2.75, 3.05) is 19.6 Å². The van der Waals surface area contributed by atoms with Gasteiger partial charge in [0.2, 0.25) is 10.0 Å². The van der Waals surface area contributed by atoms with Crippen molar-refractivity contribution in [1.82, 2.24) is 9.21 Å². The number of amides is 1. The number of nitrogens with zero attached hydrogens (tertiary/aromatic N) is 2. The van der Waals surface area contributed by atoms with Crippen molar-refractivity contribution >= 4 is 27.5 Å². The summed E-state index contributed by atoms with van der Waals surface area (Å²) in [4.78, 5) is 14.6. The van der Waals surface area contributed by atoms with Crippen molar-refractivity contribution in [2.45, 2.75) is 51.0 Å². The zero-order chi connectivity index (χ0) is 17.9. The molecule has 0 aliphatic carbocycles. The summed E-state index contributed by atoms with van der Waals surface area (Å²) in [5.41, 5.74) is 0.374. The summed E-state index contributed by atoms with van der Waals surface area (Å²) >= 11 is 6.13. The van der Waals surface area contributed by atoms with Crippen LogP contribution < -0.4 is 0 Å². The molecule has 0 aromatic heterocycles. The Bertz CT molecular complexity index is 702. The number of piperidine rings is 1. The number of halogens is 1. The molecule has 1 heterocycles. The van der Waals surface area contributed by atoms with Crippen LogP contribution in [0.5, 0.6) is 0 Å². The van der Waals surface area contributed by atoms with E-state index in [1.807, 2.05) is 11.8 Å². The van der Waals surface area contributed by atoms with Crippen molar-refractivity contribution < 1.29 is 13.2 Å². The summed E-state index contributed by atoms with van der Waals surface area (Å²) in [6.45, 7) is 7.01. The quantitative estimate of drug-likeness (QED) is 0.796. The molecule has 5 nitrogen and oxygen atoms in total. The van der Waals surface area contributed by atoms with E-state index in [0.717, 1.165) is 19.3 Å². The molecule has 1 aliphatic heterocycles. The van der Waals surface area contributed by atoms with Gasteiger partial charge in [-0.1, -0.05) is 25.4 Å². The predicted octanol–water partition coefficient (Wildman–Crippen LogP) is 3.39. The van der Waals surface area contributed by atoms with E-state index in [1.54, 1.807) is 19.9 Å². The molecule has 0 saturated carbocycles. The second-order valence-electron chi connectivity index (χ2n) is 6.08. The van der Waals surface area contributed by atoms with Crippen LogP contribution in [0, 0.1) is 0 Å². The lowest BCUT2D eigenvalue weighted by molar-refractivity contribution is 0.0635. The SMILES string of the molecule is CCN(CC)S(=O)(=O)c1cc(C(=O)N2CCCCC2C)ccc1Cl. The third kappa shape index (κ3) is 3.76. The number of rotatable bonds is 5. The Morgan fingerprint density at radius 1 is 1.29 bits per heavy atom. The second-order valence-corrected chi connectivity index (χ2v) is 8.39. The van der Waals surface area contributed by atoms with E-state index in [9.17, 15) is 13.2 Å². The maximum atomic E-state index is 12.8. The average Bonchev–Trinajstić information content (AvgIpc) is 2.56. The van der Waals surface area contributed by atoms with Crippen LogP contribution in [0.1, 0.15) is 50.4 Å². The third-order valence-electron chi connectivity index (χ3n) is 4.57. The monoisotopic (exact) mass is 372 g/mol. The van der Waals surface area contributed by atoms with Crippen LogP contribution in [0.25, 0.3) is 0 Å². The lowest BCUT2D eigenvalue weighted by atomic mass is 10.0. The molecule has 7 heteroatoms. The van der Waals surface area contributed by atoms with E-state index in [0.29, 0.717) is 25.2 Å². The van der Waals surface area contributed by atoms with Crippen LogP contribution >= 0.6 is 11.6 Å². The van der Waals surface area contributed by atoms with Crippen molar-refractivity contribution in [3.8, 4) is 0 Å². The molecular formula is C17H25ClN2O3S. The van der Waals surface area contributed by atoms with E-state index < -0.39 is 10.0 Å². The lowest BCUT2D eigenvalue weighted by Gasteiger charge is -2.33. The van der Waals surface area contributed by atoms with Gasteiger partial charge in [-0.25, -0.2) is 8.42 Å². The zero-order valence-corrected chi connectivity index (χ0v) is 16.0. The Morgan fingerprint density at radius 2 is 1.96 bits per heavy atom. The van der Waals surface area contributed by atoms with Crippen LogP contribution in [-0.2, 0) is 10.0 Å². The summed E-state index contributed by atoms with van der Waals surface area (Å²) in [7, 11) is -3.70. The zero-order valence-electron chi connectivity index (χ0n) is 14.5. The smallest absolute Gasteiger partial charge is 0.254 e. The molecule has 1 fully saturated rings. The number of carbonyl (C=O) groups is 1. The average molecular weight is 373 g/mol. The maximum Gasteiger partial charge on any atom is 0.254 e. The summed E-state index contributed by atoms with van der Waals surface area (Å²) in [6, 6.07) is 4.69. The van der Waals surface area contributed by atoms with Crippen LogP contribution in [0.2, 0.25) is 5.02 Å². The largest absolute Gasteiger partial charge is 0.336 e. The molecule has 1 aromatic carbocycles. The van der Waals surface area contributed by atoms with Gasteiger partial charge in [-0.3, -0.25) is 4.79 Å². The molecule has 1 atom stereocenters. The molecule has 0 N–H and O–H groups in total. The minimum atomic E-state index is -3.70. The van der Waals surface area contributed by atoms with Gasteiger partial charge in [0, 0.05) is 31.2 Å². The number of carbonyl (C=O) groups excluding carboxylic acids is 1. The summed E-state index contributed by atoms with van der Waals surface area (Å²) < 4.78 is 26.8. The number of likely N-dealkylation sites (tertiary alicyclic amines) is 1. The van der Waals surface area contributed by atoms with Gasteiger partial charge < -0.3 is 4.90 Å². The van der Waals surface area contributed by atoms with E-state index in [2.05, 4.69) is 0 Å². The Kier molecular flexibility index (Phi) is 6.28. The number of hydrogen-bond donors (Lipinski definition) is 0. The Labute approximate surface area is 149 Å². The normalized spacial score (nSPS) is 18.9. The first-order chi connectivity index (χ1) is 11.3. The van der Waals surface area contributed by atoms with Crippen molar-refractivity contribution in [1.29, 1.82) is 0 Å². The lowest BCUT2D eigenvalue weighted by Crippen LogP contribution is -2.42. The molecular weight excluding hydrogens is 348 g/mol. The highest BCUT2D eigenvalue weighted by atomic mass is 35.5. The molecule has 1 amide bonds. The van der Waals surface area contributed by atoms with Gasteiger partial charge in [0.05, 0.1) is 5.02 Å². The highest BCUT2D eigenvalue weighted by Crippen LogP contribution is 2.27. The van der Waals surface area contributed by atoms with Crippen LogP contribution in [0.15, 0.2) is 23.1 Å². The first kappa shape index (κ1) is 19.2. The molecule has 0 bridgehead atoms. The molecule has 134 valence electrons. The predicted molar refractivity (Wildman–Crippen MR) is 95.9 cm³/mol. The van der Waals surface area contributed by atoms with E-state index in [1.165, 1.54) is 16.4 Å². The van der Waals surface area contributed by atoms with Gasteiger partial charge in [0.25, 0.3) is 5.91 Å². The molecule has 0 spiro atoms. The maximum absolute atomic E-state index is 12.8. The van der Waals surface area contributed by atoms with Crippen LogP contribution in [0.4, 0.5) is 0 Å². The third-order valence-corrected chi connectivity index (χ3v) is 7.10. The van der Waals surface area contributed by atoms with Crippen LogP contribution in [-0.4, -0.2) is 49.2 Å². The topological polar surface area (TPSA) is 57.7 Å². The second kappa shape index (κ2) is 7.85. The molecule has 1 saturated heterocycles. The Morgan fingerprint density at radius 3 is 2.54 bits per heavy atom. The Hall–Kier alpha value is -1.11. The van der Waals surface area contributed by atoms with Gasteiger partial charge >= 0.3 is 0 Å². The van der Waals surface area contributed by atoms with Crippen molar-refractivity contribution in [3.05, 3.63) is 28.8 Å². The molecule has 2 rings (SSSR count). The highest BCUT2D eigenvalue weighted by molar-refractivity contribution is 7.89. The minimum Gasteiger partial charge on any atom is -0.336 e. The molecule has 24 heavy (non-hydrogen) atoms. The molecule has 1 aliphatic rings. The Balaban J connectivity index is 2.40. The van der Waals surface area contributed by atoms with E-state index in [-0.39, 0.29) is 21.9 Å². The molecule has 0 radical (unpaired) electrons. The van der Waals surface area contributed by atoms with Gasteiger partial charge in [-0.05, 0) is 44.4 Å². The number of hydrogen-bond acceptors (Lipinski definition) is 3. The first-order valence-electron chi connectivity index (χ1n) is 8.43. The van der Waals surface area contributed by atoms with Gasteiger partial charge in [-0.2, -0.15) is 4.31 Å². The summed E-state index contributed by atoms with van der Waals surface area (Å²) in [6.07, 6.45) is 3.07. The molecule has 1 aromatic rings. The van der Waals surface area contributed by atoms with E-state index in [4.69, 9.17) is 11.6 Å². The van der Waals surface area contributed by atoms with Crippen LogP contribution in [0.3, 0.4) is 0 Å². The highest BCUT2D eigenvalue weighted by Gasteiger charge is 2.28. The van der Waals surface area contributed by atoms with Gasteiger partial charge in [0.1, 0.15) is 4.90 Å². The van der Waals surface area contributed by atoms with Crippen molar-refractivity contribution in [3.63, 3.8) is 0 Å². The number of benzene rings is 1. The van der Waals surface area contributed by atoms with E-state index >= 15 is 0 Å². The fraction of sp³-hybridized carbons (Fsp3) is 0.588. The molecule has 1 unspecified atom stereocenters. The first-order valence-corrected chi connectivity index (χ1v) is 10.2. The standard InChI is InChI=1S/C17H25ClN2O3S/c1-4-19(5-2)24(22,23)16-12-14(9-10-15(16)18)17(21)20-11-7-6-8-13(20)3/h9-10,12-13H,4-8,11H2,1-3H3. The fourth-order valence-corrected chi connectivity index (χ4v) is 5.06. The summed E-state index contributed by atoms with van der Waals surface area (Å²) in [5.74, 6) is -0.130. The van der Waals surface area contributed by atoms with Gasteiger partial charge in [-0.15, -0.1) is 0 Å². The minimum absolute atomic E-state index is 0.00313. The van der Waals surface area contributed by atoms with Gasteiger partial charge in [0.15, 0.2) is 0 Å². The number of sulfonamides is 1. The fourth-order valence-electron chi connectivity index (χ4n) is 3.10. The van der Waals surface area contributed by atoms with Crippen molar-refractivity contribution in [2.24, 2.45) is 0 Å². The summed E-state index contributed by atoms with van der Waals surface area (Å²) in [5, 5.41) is 0.144.